The minimum Gasteiger partial charge on any atom is -0.326 e. The third-order valence-electron chi connectivity index (χ3n) is 3.37. The first-order valence-corrected chi connectivity index (χ1v) is 8.30. The van der Waals surface area contributed by atoms with Gasteiger partial charge >= 0.3 is 0 Å². The first-order chi connectivity index (χ1) is 12.5. The van der Waals surface area contributed by atoms with Crippen molar-refractivity contribution in [2.45, 2.75) is 13.3 Å². The van der Waals surface area contributed by atoms with Crippen LogP contribution >= 0.6 is 11.6 Å². The molecule has 0 unspecified atom stereocenters. The van der Waals surface area contributed by atoms with Gasteiger partial charge in [0.1, 0.15) is 0 Å². The fraction of sp³-hybridized carbons (Fsp3) is 0.105. The van der Waals surface area contributed by atoms with E-state index in [1.807, 2.05) is 0 Å². The summed E-state index contributed by atoms with van der Waals surface area (Å²) in [5.74, 6) is -1.08. The zero-order valence-corrected chi connectivity index (χ0v) is 14.8. The lowest BCUT2D eigenvalue weighted by Crippen LogP contribution is -2.40. The van der Waals surface area contributed by atoms with Crippen LogP contribution in [0.5, 0.6) is 0 Å². The highest BCUT2D eigenvalue weighted by atomic mass is 35.5. The van der Waals surface area contributed by atoms with E-state index in [-0.39, 0.29) is 5.91 Å². The van der Waals surface area contributed by atoms with Gasteiger partial charge in [-0.1, -0.05) is 36.7 Å². The molecule has 2 aromatic rings. The number of hydrogen-bond donors (Lipinski definition) is 3. The lowest BCUT2D eigenvalue weighted by molar-refractivity contribution is -0.117. The molecule has 134 valence electrons. The van der Waals surface area contributed by atoms with Crippen molar-refractivity contribution >= 4 is 41.1 Å². The Morgan fingerprint density at radius 2 is 1.69 bits per heavy atom. The van der Waals surface area contributed by atoms with Crippen LogP contribution in [-0.2, 0) is 9.59 Å². The third-order valence-corrected chi connectivity index (χ3v) is 3.71. The Morgan fingerprint density at radius 3 is 2.35 bits per heavy atom. The number of hydrogen-bond acceptors (Lipinski definition) is 3. The van der Waals surface area contributed by atoms with Gasteiger partial charge in [-0.2, -0.15) is 0 Å². The molecule has 7 heteroatoms. The Kier molecular flexibility index (Phi) is 6.93. The van der Waals surface area contributed by atoms with Gasteiger partial charge in [0.05, 0.1) is 0 Å². The van der Waals surface area contributed by atoms with E-state index < -0.39 is 11.8 Å². The van der Waals surface area contributed by atoms with Crippen LogP contribution < -0.4 is 16.2 Å². The van der Waals surface area contributed by atoms with Crippen molar-refractivity contribution in [3.05, 3.63) is 70.8 Å². The fourth-order valence-corrected chi connectivity index (χ4v) is 2.16. The Balaban J connectivity index is 1.87. The summed E-state index contributed by atoms with van der Waals surface area (Å²) in [6.45, 7) is 1.75. The molecule has 0 saturated heterocycles. The summed E-state index contributed by atoms with van der Waals surface area (Å²) in [5.41, 5.74) is 6.23. The number of anilines is 1. The Bertz CT molecular complexity index is 832. The maximum Gasteiger partial charge on any atom is 0.269 e. The summed E-state index contributed by atoms with van der Waals surface area (Å²) in [6, 6.07) is 13.4. The predicted molar refractivity (Wildman–Crippen MR) is 101 cm³/mol. The van der Waals surface area contributed by atoms with Crippen LogP contribution in [0.25, 0.3) is 6.08 Å². The summed E-state index contributed by atoms with van der Waals surface area (Å²) < 4.78 is 0. The minimum atomic E-state index is -0.495. The van der Waals surface area contributed by atoms with Crippen LogP contribution in [-0.4, -0.2) is 17.7 Å². The maximum absolute atomic E-state index is 12.0. The second kappa shape index (κ2) is 9.39. The largest absolute Gasteiger partial charge is 0.326 e. The van der Waals surface area contributed by atoms with Gasteiger partial charge in [0.15, 0.2) is 0 Å². The smallest absolute Gasteiger partial charge is 0.269 e. The molecule has 2 rings (SSSR count). The molecule has 0 aliphatic heterocycles. The molecular weight excluding hydrogens is 354 g/mol. The summed E-state index contributed by atoms with van der Waals surface area (Å²) in [6.07, 6.45) is 3.19. The summed E-state index contributed by atoms with van der Waals surface area (Å²) in [5, 5.41) is 3.21. The SMILES string of the molecule is CCC(=O)Nc1ccc(C(=O)NNC(=O)C=Cc2ccccc2Cl)cc1. The lowest BCUT2D eigenvalue weighted by Gasteiger charge is -2.07. The van der Waals surface area contributed by atoms with E-state index in [2.05, 4.69) is 16.2 Å². The first kappa shape index (κ1) is 19.2. The molecule has 0 bridgehead atoms. The molecule has 3 N–H and O–H groups in total. The van der Waals surface area contributed by atoms with Crippen molar-refractivity contribution < 1.29 is 14.4 Å². The third kappa shape index (κ3) is 5.75. The van der Waals surface area contributed by atoms with Gasteiger partial charge in [0.2, 0.25) is 5.91 Å². The average molecular weight is 372 g/mol. The number of amides is 3. The molecule has 0 aliphatic carbocycles. The quantitative estimate of drug-likeness (QED) is 0.557. The number of rotatable bonds is 5. The van der Waals surface area contributed by atoms with Gasteiger partial charge in [-0.25, -0.2) is 0 Å². The molecule has 0 saturated carbocycles. The number of hydrazine groups is 1. The molecule has 3 amide bonds. The molecule has 26 heavy (non-hydrogen) atoms. The van der Waals surface area contributed by atoms with Crippen LogP contribution in [0.1, 0.15) is 29.3 Å². The predicted octanol–water partition coefficient (Wildman–Crippen LogP) is 3.16. The van der Waals surface area contributed by atoms with Crippen LogP contribution in [0.2, 0.25) is 5.02 Å². The lowest BCUT2D eigenvalue weighted by atomic mass is 10.2. The maximum atomic E-state index is 12.0. The van der Waals surface area contributed by atoms with Crippen LogP contribution in [0, 0.1) is 0 Å². The van der Waals surface area contributed by atoms with E-state index in [4.69, 9.17) is 11.6 Å². The molecule has 0 heterocycles. The van der Waals surface area contributed by atoms with Gasteiger partial charge in [0, 0.05) is 28.8 Å². The van der Waals surface area contributed by atoms with Crippen molar-refractivity contribution in [2.75, 3.05) is 5.32 Å². The number of benzene rings is 2. The molecule has 0 fully saturated rings. The van der Waals surface area contributed by atoms with Gasteiger partial charge in [-0.05, 0) is 42.0 Å². The van der Waals surface area contributed by atoms with Crippen LogP contribution in [0.4, 0.5) is 5.69 Å². The minimum absolute atomic E-state index is 0.111. The first-order valence-electron chi connectivity index (χ1n) is 7.92. The van der Waals surface area contributed by atoms with Crippen molar-refractivity contribution in [1.29, 1.82) is 0 Å². The Hall–Kier alpha value is -3.12. The standard InChI is InChI=1S/C19H18ClN3O3/c1-2-17(24)21-15-10-7-14(8-11-15)19(26)23-22-18(25)12-9-13-5-3-4-6-16(13)20/h3-12H,2H2,1H3,(H,21,24)(H,22,25)(H,23,26). The normalized spacial score (nSPS) is 10.4. The second-order valence-electron chi connectivity index (χ2n) is 5.28. The molecule has 0 aliphatic rings. The summed E-state index contributed by atoms with van der Waals surface area (Å²) in [4.78, 5) is 35.1. The topological polar surface area (TPSA) is 87.3 Å². The molecule has 0 radical (unpaired) electrons. The zero-order chi connectivity index (χ0) is 18.9. The highest BCUT2D eigenvalue weighted by Gasteiger charge is 2.07. The summed E-state index contributed by atoms with van der Waals surface area (Å²) in [7, 11) is 0. The van der Waals surface area contributed by atoms with Crippen LogP contribution in [0.3, 0.4) is 0 Å². The van der Waals surface area contributed by atoms with Gasteiger partial charge in [-0.15, -0.1) is 0 Å². The second-order valence-corrected chi connectivity index (χ2v) is 5.68. The van der Waals surface area contributed by atoms with Gasteiger partial charge < -0.3 is 5.32 Å². The molecular formula is C19H18ClN3O3. The monoisotopic (exact) mass is 371 g/mol. The van der Waals surface area contributed by atoms with Crippen LogP contribution in [0.15, 0.2) is 54.6 Å². The number of carbonyl (C=O) groups is 3. The van der Waals surface area contributed by atoms with E-state index in [1.54, 1.807) is 61.5 Å². The van der Waals surface area contributed by atoms with Gasteiger partial charge in [0.25, 0.3) is 11.8 Å². The van der Waals surface area contributed by atoms with Gasteiger partial charge in [-0.3, -0.25) is 25.2 Å². The molecule has 0 atom stereocenters. The highest BCUT2D eigenvalue weighted by molar-refractivity contribution is 6.32. The fourth-order valence-electron chi connectivity index (χ4n) is 1.96. The number of halogens is 1. The Labute approximate surface area is 156 Å². The molecule has 6 nitrogen and oxygen atoms in total. The summed E-state index contributed by atoms with van der Waals surface area (Å²) >= 11 is 5.99. The van der Waals surface area contributed by atoms with E-state index in [0.717, 1.165) is 0 Å². The van der Waals surface area contributed by atoms with Crippen molar-refractivity contribution in [1.82, 2.24) is 10.9 Å². The van der Waals surface area contributed by atoms with Crippen molar-refractivity contribution in [3.8, 4) is 0 Å². The van der Waals surface area contributed by atoms with E-state index in [1.165, 1.54) is 6.08 Å². The average Bonchev–Trinajstić information content (AvgIpc) is 2.66. The van der Waals surface area contributed by atoms with E-state index in [9.17, 15) is 14.4 Å². The van der Waals surface area contributed by atoms with Crippen molar-refractivity contribution in [3.63, 3.8) is 0 Å². The molecule has 0 aromatic heterocycles. The number of nitrogens with one attached hydrogen (secondary N) is 3. The van der Waals surface area contributed by atoms with Crippen molar-refractivity contribution in [2.24, 2.45) is 0 Å². The Morgan fingerprint density at radius 1 is 1.00 bits per heavy atom. The molecule has 0 spiro atoms. The van der Waals surface area contributed by atoms with E-state index >= 15 is 0 Å². The zero-order valence-electron chi connectivity index (χ0n) is 14.1. The number of carbonyl (C=O) groups excluding carboxylic acids is 3. The molecule has 2 aromatic carbocycles. The van der Waals surface area contributed by atoms with E-state index in [0.29, 0.717) is 28.3 Å². The highest BCUT2D eigenvalue weighted by Crippen LogP contribution is 2.16.